The van der Waals surface area contributed by atoms with Gasteiger partial charge in [-0.05, 0) is 38.5 Å². The Morgan fingerprint density at radius 2 is 1.62 bits per heavy atom. The van der Waals surface area contributed by atoms with Crippen LogP contribution in [0.4, 0.5) is 0 Å². The van der Waals surface area contributed by atoms with E-state index < -0.39 is 15.3 Å². The van der Waals surface area contributed by atoms with Crippen molar-refractivity contribution in [1.82, 2.24) is 0 Å². The molecule has 0 aliphatic carbocycles. The van der Waals surface area contributed by atoms with Gasteiger partial charge in [0, 0.05) is 10.7 Å². The van der Waals surface area contributed by atoms with E-state index in [-0.39, 0.29) is 27.4 Å². The largest absolute Gasteiger partial charge is 0.299 e. The van der Waals surface area contributed by atoms with Crippen molar-refractivity contribution in [1.29, 1.82) is 0 Å². The molecule has 6 heteroatoms. The van der Waals surface area contributed by atoms with Crippen molar-refractivity contribution in [2.24, 2.45) is 5.41 Å². The number of sulfone groups is 1. The molecule has 0 heterocycles. The van der Waals surface area contributed by atoms with Gasteiger partial charge in [0.05, 0.1) is 4.90 Å². The molecular formula is C15H17BrO4S. The van der Waals surface area contributed by atoms with E-state index in [1.54, 1.807) is 18.2 Å². The van der Waals surface area contributed by atoms with Crippen molar-refractivity contribution in [3.8, 4) is 0 Å². The standard InChI is InChI=1S/C15H17BrO4S/c1-11(17)15(3,12(2)18)13(9-16)10-21(19,20)14-7-5-4-6-8-14/h4-8,10H,9H2,1-3H3/b13-10+. The third-order valence-electron chi connectivity index (χ3n) is 3.56. The first kappa shape index (κ1) is 17.8. The summed E-state index contributed by atoms with van der Waals surface area (Å²) in [6.07, 6.45) is 0. The summed E-state index contributed by atoms with van der Waals surface area (Å²) in [4.78, 5) is 23.8. The fourth-order valence-corrected chi connectivity index (χ4v) is 4.15. The topological polar surface area (TPSA) is 68.3 Å². The molecule has 0 aromatic heterocycles. The Bertz CT molecular complexity index is 661. The number of alkyl halides is 1. The summed E-state index contributed by atoms with van der Waals surface area (Å²) in [5.74, 6) is -0.770. The van der Waals surface area contributed by atoms with Crippen LogP contribution in [-0.4, -0.2) is 25.3 Å². The van der Waals surface area contributed by atoms with Gasteiger partial charge in [0.1, 0.15) is 17.0 Å². The van der Waals surface area contributed by atoms with Crippen molar-refractivity contribution >= 4 is 37.3 Å². The zero-order chi connectivity index (χ0) is 16.3. The number of Topliss-reactive ketones (excluding diaryl/α,β-unsaturated/α-hetero) is 2. The van der Waals surface area contributed by atoms with Crippen LogP contribution >= 0.6 is 15.9 Å². The minimum atomic E-state index is -3.72. The van der Waals surface area contributed by atoms with Crippen LogP contribution < -0.4 is 0 Å². The first-order valence-corrected chi connectivity index (χ1v) is 8.92. The van der Waals surface area contributed by atoms with Crippen LogP contribution in [-0.2, 0) is 19.4 Å². The zero-order valence-electron chi connectivity index (χ0n) is 12.1. The van der Waals surface area contributed by atoms with E-state index in [4.69, 9.17) is 0 Å². The molecule has 0 saturated heterocycles. The second-order valence-electron chi connectivity index (χ2n) is 4.87. The molecule has 1 rings (SSSR count). The SMILES string of the molecule is CC(=O)C(C)(C(C)=O)/C(=C/S(=O)(=O)c1ccccc1)CBr. The highest BCUT2D eigenvalue weighted by atomic mass is 79.9. The van der Waals surface area contributed by atoms with E-state index in [2.05, 4.69) is 15.9 Å². The van der Waals surface area contributed by atoms with Crippen molar-refractivity contribution in [2.45, 2.75) is 25.7 Å². The number of benzene rings is 1. The molecule has 0 fully saturated rings. The van der Waals surface area contributed by atoms with Gasteiger partial charge in [0.15, 0.2) is 9.84 Å². The highest BCUT2D eigenvalue weighted by molar-refractivity contribution is 9.09. The number of ketones is 2. The summed E-state index contributed by atoms with van der Waals surface area (Å²) in [5, 5.41) is 1.13. The van der Waals surface area contributed by atoms with Crippen LogP contribution in [0.2, 0.25) is 0 Å². The fourth-order valence-electron chi connectivity index (χ4n) is 1.85. The predicted octanol–water partition coefficient (Wildman–Crippen LogP) is 2.92. The first-order chi connectivity index (χ1) is 9.66. The normalized spacial score (nSPS) is 13.0. The van der Waals surface area contributed by atoms with E-state index >= 15 is 0 Å². The molecule has 0 aliphatic heterocycles. The van der Waals surface area contributed by atoms with E-state index in [1.165, 1.54) is 32.9 Å². The summed E-state index contributed by atoms with van der Waals surface area (Å²) in [7, 11) is -3.72. The Morgan fingerprint density at radius 3 is 2.00 bits per heavy atom. The molecule has 0 spiro atoms. The van der Waals surface area contributed by atoms with Crippen LogP contribution in [0.25, 0.3) is 0 Å². The maximum Gasteiger partial charge on any atom is 0.199 e. The lowest BCUT2D eigenvalue weighted by molar-refractivity contribution is -0.134. The number of carbonyl (C=O) groups excluding carboxylic acids is 2. The lowest BCUT2D eigenvalue weighted by atomic mass is 9.77. The van der Waals surface area contributed by atoms with Gasteiger partial charge in [-0.25, -0.2) is 8.42 Å². The maximum absolute atomic E-state index is 12.4. The zero-order valence-corrected chi connectivity index (χ0v) is 14.5. The lowest BCUT2D eigenvalue weighted by Gasteiger charge is -2.25. The van der Waals surface area contributed by atoms with Gasteiger partial charge in [0.2, 0.25) is 0 Å². The van der Waals surface area contributed by atoms with Crippen LogP contribution in [0.3, 0.4) is 0 Å². The second kappa shape index (κ2) is 6.66. The summed E-state index contributed by atoms with van der Waals surface area (Å²) >= 11 is 3.18. The highest BCUT2D eigenvalue weighted by Crippen LogP contribution is 2.32. The smallest absolute Gasteiger partial charge is 0.199 e. The predicted molar refractivity (Wildman–Crippen MR) is 85.0 cm³/mol. The lowest BCUT2D eigenvalue weighted by Crippen LogP contribution is -2.36. The molecule has 0 saturated carbocycles. The molecule has 114 valence electrons. The maximum atomic E-state index is 12.4. The number of rotatable bonds is 6. The molecule has 0 N–H and O–H groups in total. The van der Waals surface area contributed by atoms with Gasteiger partial charge in [-0.2, -0.15) is 0 Å². The monoisotopic (exact) mass is 372 g/mol. The fraction of sp³-hybridized carbons (Fsp3) is 0.333. The molecule has 0 aliphatic rings. The van der Waals surface area contributed by atoms with Gasteiger partial charge in [-0.3, -0.25) is 9.59 Å². The molecule has 0 atom stereocenters. The molecule has 0 radical (unpaired) electrons. The van der Waals surface area contributed by atoms with Crippen LogP contribution in [0, 0.1) is 5.41 Å². The number of allylic oxidation sites excluding steroid dienone is 1. The minimum absolute atomic E-state index is 0.120. The average molecular weight is 373 g/mol. The van der Waals surface area contributed by atoms with Crippen molar-refractivity contribution in [2.75, 3.05) is 5.33 Å². The minimum Gasteiger partial charge on any atom is -0.299 e. The van der Waals surface area contributed by atoms with Gasteiger partial charge < -0.3 is 0 Å². The summed E-state index contributed by atoms with van der Waals surface area (Å²) < 4.78 is 24.7. The Morgan fingerprint density at radius 1 is 1.14 bits per heavy atom. The summed E-state index contributed by atoms with van der Waals surface area (Å²) in [6, 6.07) is 7.88. The number of hydrogen-bond acceptors (Lipinski definition) is 4. The highest BCUT2D eigenvalue weighted by Gasteiger charge is 2.39. The van der Waals surface area contributed by atoms with E-state index in [0.29, 0.717) is 0 Å². The summed E-state index contributed by atoms with van der Waals surface area (Å²) in [5.41, 5.74) is -1.21. The molecule has 0 amide bonds. The van der Waals surface area contributed by atoms with Gasteiger partial charge in [0.25, 0.3) is 0 Å². The quantitative estimate of drug-likeness (QED) is 0.568. The van der Waals surface area contributed by atoms with Gasteiger partial charge >= 0.3 is 0 Å². The average Bonchev–Trinajstić information content (AvgIpc) is 2.44. The van der Waals surface area contributed by atoms with Crippen LogP contribution in [0.5, 0.6) is 0 Å². The summed E-state index contributed by atoms with van der Waals surface area (Å²) in [6.45, 7) is 4.02. The molecular weight excluding hydrogens is 356 g/mol. The van der Waals surface area contributed by atoms with E-state index in [9.17, 15) is 18.0 Å². The second-order valence-corrected chi connectivity index (χ2v) is 7.23. The molecule has 1 aromatic rings. The van der Waals surface area contributed by atoms with Crippen molar-refractivity contribution in [3.63, 3.8) is 0 Å². The third-order valence-corrected chi connectivity index (χ3v) is 5.69. The van der Waals surface area contributed by atoms with E-state index in [1.807, 2.05) is 0 Å². The van der Waals surface area contributed by atoms with Gasteiger partial charge in [-0.15, -0.1) is 0 Å². The molecule has 21 heavy (non-hydrogen) atoms. The Labute approximate surface area is 133 Å². The molecule has 4 nitrogen and oxygen atoms in total. The molecule has 0 unspecified atom stereocenters. The Balaban J connectivity index is 3.46. The Kier molecular flexibility index (Phi) is 5.64. The number of carbonyl (C=O) groups is 2. The molecule has 1 aromatic carbocycles. The Hall–Kier alpha value is -1.27. The van der Waals surface area contributed by atoms with Gasteiger partial charge in [-0.1, -0.05) is 34.1 Å². The van der Waals surface area contributed by atoms with Crippen LogP contribution in [0.1, 0.15) is 20.8 Å². The third kappa shape index (κ3) is 3.68. The van der Waals surface area contributed by atoms with Crippen molar-refractivity contribution < 1.29 is 18.0 Å². The molecule has 0 bridgehead atoms. The number of hydrogen-bond donors (Lipinski definition) is 0. The number of halogens is 1. The first-order valence-electron chi connectivity index (χ1n) is 6.25. The van der Waals surface area contributed by atoms with Crippen molar-refractivity contribution in [3.05, 3.63) is 41.3 Å². The van der Waals surface area contributed by atoms with Crippen LogP contribution in [0.15, 0.2) is 46.2 Å². The van der Waals surface area contributed by atoms with E-state index in [0.717, 1.165) is 5.41 Å².